The summed E-state index contributed by atoms with van der Waals surface area (Å²) in [4.78, 5) is 2.62. The lowest BCUT2D eigenvalue weighted by atomic mass is 10.0. The predicted octanol–water partition coefficient (Wildman–Crippen LogP) is 3.05. The van der Waals surface area contributed by atoms with Gasteiger partial charge in [-0.3, -0.25) is 4.90 Å². The molecule has 0 aliphatic heterocycles. The van der Waals surface area contributed by atoms with Gasteiger partial charge in [0.25, 0.3) is 0 Å². The highest BCUT2D eigenvalue weighted by Crippen LogP contribution is 2.25. The quantitative estimate of drug-likeness (QED) is 0.811. The maximum Gasteiger partial charge on any atom is 0.0226 e. The second kappa shape index (κ2) is 6.83. The predicted molar refractivity (Wildman–Crippen MR) is 74.2 cm³/mol. The van der Waals surface area contributed by atoms with Crippen LogP contribution in [0.15, 0.2) is 0 Å². The van der Waals surface area contributed by atoms with E-state index in [4.69, 9.17) is 5.73 Å². The first-order chi connectivity index (χ1) is 6.88. The van der Waals surface area contributed by atoms with Gasteiger partial charge in [-0.25, -0.2) is 0 Å². The average molecular weight is 249 g/mol. The molecule has 16 heavy (non-hydrogen) atoms. The molecule has 2 nitrogen and oxygen atoms in total. The van der Waals surface area contributed by atoms with Crippen molar-refractivity contribution in [2.24, 2.45) is 11.7 Å². The molecular formula is C13H29ClN2. The SMILES string of the molecule is CC(C)CN(CC(C)(C)N)C1CCCC1.Cl. The lowest BCUT2D eigenvalue weighted by molar-refractivity contribution is 0.147. The smallest absolute Gasteiger partial charge is 0.0226 e. The number of hydrogen-bond acceptors (Lipinski definition) is 2. The van der Waals surface area contributed by atoms with Gasteiger partial charge < -0.3 is 5.73 Å². The topological polar surface area (TPSA) is 29.3 Å². The Bertz CT molecular complexity index is 181. The van der Waals surface area contributed by atoms with Crippen molar-refractivity contribution in [1.82, 2.24) is 4.90 Å². The zero-order chi connectivity index (χ0) is 11.5. The first-order valence-electron chi connectivity index (χ1n) is 6.41. The molecule has 3 heteroatoms. The fourth-order valence-electron chi connectivity index (χ4n) is 2.60. The summed E-state index contributed by atoms with van der Waals surface area (Å²) in [7, 11) is 0. The summed E-state index contributed by atoms with van der Waals surface area (Å²) in [5.41, 5.74) is 6.08. The molecule has 0 radical (unpaired) electrons. The Balaban J connectivity index is 0.00000225. The van der Waals surface area contributed by atoms with Gasteiger partial charge in [0.15, 0.2) is 0 Å². The van der Waals surface area contributed by atoms with Crippen molar-refractivity contribution < 1.29 is 0 Å². The Labute approximate surface area is 107 Å². The number of halogens is 1. The Hall–Kier alpha value is 0.210. The van der Waals surface area contributed by atoms with Gasteiger partial charge in [0.2, 0.25) is 0 Å². The van der Waals surface area contributed by atoms with E-state index < -0.39 is 0 Å². The molecule has 1 aliphatic rings. The van der Waals surface area contributed by atoms with E-state index in [0.29, 0.717) is 0 Å². The summed E-state index contributed by atoms with van der Waals surface area (Å²) in [6, 6.07) is 0.801. The van der Waals surface area contributed by atoms with Gasteiger partial charge in [-0.05, 0) is 32.6 Å². The van der Waals surface area contributed by atoms with Gasteiger partial charge in [0, 0.05) is 24.7 Å². The number of rotatable bonds is 5. The van der Waals surface area contributed by atoms with Crippen molar-refractivity contribution >= 4 is 12.4 Å². The second-order valence-electron chi connectivity index (χ2n) is 6.25. The van der Waals surface area contributed by atoms with Gasteiger partial charge in [-0.15, -0.1) is 12.4 Å². The van der Waals surface area contributed by atoms with Crippen LogP contribution >= 0.6 is 12.4 Å². The fraction of sp³-hybridized carbons (Fsp3) is 1.00. The third kappa shape index (κ3) is 6.07. The van der Waals surface area contributed by atoms with E-state index in [9.17, 15) is 0 Å². The maximum atomic E-state index is 6.14. The number of nitrogens with zero attached hydrogens (tertiary/aromatic N) is 1. The van der Waals surface area contributed by atoms with Crippen LogP contribution in [0.2, 0.25) is 0 Å². The molecule has 0 spiro atoms. The van der Waals surface area contributed by atoms with Gasteiger partial charge in [0.1, 0.15) is 0 Å². The van der Waals surface area contributed by atoms with Crippen molar-refractivity contribution in [3.63, 3.8) is 0 Å². The molecule has 0 aromatic rings. The molecular weight excluding hydrogens is 220 g/mol. The third-order valence-electron chi connectivity index (χ3n) is 3.05. The maximum absolute atomic E-state index is 6.14. The first kappa shape index (κ1) is 16.2. The summed E-state index contributed by atoms with van der Waals surface area (Å²) < 4.78 is 0. The first-order valence-corrected chi connectivity index (χ1v) is 6.41. The standard InChI is InChI=1S/C13H28N2.ClH/c1-11(2)9-15(10-13(3,4)14)12-7-5-6-8-12;/h11-12H,5-10,14H2,1-4H3;1H. The van der Waals surface area contributed by atoms with Gasteiger partial charge in [-0.1, -0.05) is 26.7 Å². The molecule has 0 atom stereocenters. The highest BCUT2D eigenvalue weighted by molar-refractivity contribution is 5.85. The van der Waals surface area contributed by atoms with E-state index in [1.165, 1.54) is 32.2 Å². The minimum atomic E-state index is -0.0581. The van der Waals surface area contributed by atoms with E-state index in [0.717, 1.165) is 18.5 Å². The Kier molecular flexibility index (Phi) is 6.92. The highest BCUT2D eigenvalue weighted by Gasteiger charge is 2.26. The lowest BCUT2D eigenvalue weighted by Gasteiger charge is -2.35. The summed E-state index contributed by atoms with van der Waals surface area (Å²) in [5, 5.41) is 0. The molecule has 0 heterocycles. The lowest BCUT2D eigenvalue weighted by Crippen LogP contribution is -2.49. The fourth-order valence-corrected chi connectivity index (χ4v) is 2.60. The van der Waals surface area contributed by atoms with Crippen LogP contribution in [0, 0.1) is 5.92 Å². The minimum absolute atomic E-state index is 0. The van der Waals surface area contributed by atoms with Crippen LogP contribution in [-0.4, -0.2) is 29.6 Å². The summed E-state index contributed by atoms with van der Waals surface area (Å²) in [6.45, 7) is 11.1. The Morgan fingerprint density at radius 3 is 2.12 bits per heavy atom. The van der Waals surface area contributed by atoms with E-state index in [1.807, 2.05) is 0 Å². The van der Waals surface area contributed by atoms with E-state index >= 15 is 0 Å². The van der Waals surface area contributed by atoms with Crippen molar-refractivity contribution in [3.8, 4) is 0 Å². The van der Waals surface area contributed by atoms with E-state index in [-0.39, 0.29) is 17.9 Å². The van der Waals surface area contributed by atoms with Crippen molar-refractivity contribution in [3.05, 3.63) is 0 Å². The van der Waals surface area contributed by atoms with Crippen LogP contribution < -0.4 is 5.73 Å². The van der Waals surface area contributed by atoms with Gasteiger partial charge in [0.05, 0.1) is 0 Å². The molecule has 0 bridgehead atoms. The van der Waals surface area contributed by atoms with Crippen molar-refractivity contribution in [1.29, 1.82) is 0 Å². The molecule has 2 N–H and O–H groups in total. The molecule has 1 rings (SSSR count). The largest absolute Gasteiger partial charge is 0.324 e. The van der Waals surface area contributed by atoms with E-state index in [2.05, 4.69) is 32.6 Å². The van der Waals surface area contributed by atoms with Crippen LogP contribution in [0.5, 0.6) is 0 Å². The normalized spacial score (nSPS) is 18.2. The van der Waals surface area contributed by atoms with Crippen LogP contribution in [0.4, 0.5) is 0 Å². The summed E-state index contributed by atoms with van der Waals surface area (Å²) >= 11 is 0. The highest BCUT2D eigenvalue weighted by atomic mass is 35.5. The van der Waals surface area contributed by atoms with Crippen LogP contribution in [0.25, 0.3) is 0 Å². The summed E-state index contributed by atoms with van der Waals surface area (Å²) in [6.07, 6.45) is 5.57. The summed E-state index contributed by atoms with van der Waals surface area (Å²) in [5.74, 6) is 0.743. The Morgan fingerprint density at radius 1 is 1.25 bits per heavy atom. The second-order valence-corrected chi connectivity index (χ2v) is 6.25. The van der Waals surface area contributed by atoms with Gasteiger partial charge >= 0.3 is 0 Å². The number of nitrogens with two attached hydrogens (primary N) is 1. The third-order valence-corrected chi connectivity index (χ3v) is 3.05. The Morgan fingerprint density at radius 2 is 1.75 bits per heavy atom. The van der Waals surface area contributed by atoms with Crippen molar-refractivity contribution in [2.75, 3.05) is 13.1 Å². The molecule has 0 saturated heterocycles. The molecule has 0 aromatic heterocycles. The molecule has 0 aromatic carbocycles. The molecule has 0 amide bonds. The molecule has 1 saturated carbocycles. The van der Waals surface area contributed by atoms with E-state index in [1.54, 1.807) is 0 Å². The average Bonchev–Trinajstić information content (AvgIpc) is 2.50. The minimum Gasteiger partial charge on any atom is -0.324 e. The number of hydrogen-bond donors (Lipinski definition) is 1. The zero-order valence-electron chi connectivity index (χ0n) is 11.3. The van der Waals surface area contributed by atoms with Crippen LogP contribution in [0.3, 0.4) is 0 Å². The van der Waals surface area contributed by atoms with Crippen LogP contribution in [0.1, 0.15) is 53.4 Å². The monoisotopic (exact) mass is 248 g/mol. The molecule has 1 aliphatic carbocycles. The zero-order valence-corrected chi connectivity index (χ0v) is 12.1. The van der Waals surface area contributed by atoms with Crippen LogP contribution in [-0.2, 0) is 0 Å². The molecule has 0 unspecified atom stereocenters. The van der Waals surface area contributed by atoms with Gasteiger partial charge in [-0.2, -0.15) is 0 Å². The van der Waals surface area contributed by atoms with Crippen molar-refractivity contribution in [2.45, 2.75) is 65.0 Å². The molecule has 1 fully saturated rings. The molecule has 98 valence electrons.